The summed E-state index contributed by atoms with van der Waals surface area (Å²) < 4.78 is 44.9. The molecule has 19 heterocycles. The van der Waals surface area contributed by atoms with E-state index in [1.165, 1.54) is 0 Å². The molecule has 4 aromatic carbocycles. The number of piperidine rings is 1. The van der Waals surface area contributed by atoms with Gasteiger partial charge < -0.3 is 91.7 Å². The van der Waals surface area contributed by atoms with E-state index in [1.54, 1.807) is 93.3 Å². The third-order valence-electron chi connectivity index (χ3n) is 28.4. The number of aliphatic hydroxyl groups is 4. The second-order valence-electron chi connectivity index (χ2n) is 36.5. The maximum Gasteiger partial charge on any atom is 0.415 e. The first-order valence-corrected chi connectivity index (χ1v) is 45.3. The number of rotatable bonds is 10. The van der Waals surface area contributed by atoms with Crippen LogP contribution in [0.5, 0.6) is 23.0 Å². The molecule has 0 saturated carbocycles. The van der Waals surface area contributed by atoms with Crippen molar-refractivity contribution in [2.45, 2.75) is 175 Å². The Morgan fingerprint density at radius 2 is 0.887 bits per heavy atom. The second kappa shape index (κ2) is 33.1. The Balaban J connectivity index is 0.000000111. The van der Waals surface area contributed by atoms with E-state index in [0.717, 1.165) is 134 Å². The van der Waals surface area contributed by atoms with Crippen molar-refractivity contribution in [3.05, 3.63) is 228 Å². The Labute approximate surface area is 760 Å². The summed E-state index contributed by atoms with van der Waals surface area (Å²) in [4.78, 5) is 143. The van der Waals surface area contributed by atoms with Crippen molar-refractivity contribution < 1.29 is 82.7 Å². The average molecular weight is 1810 g/mol. The standard InChI is InChI=1S/C29H31N3O6.C28H30N4O6.C23H23N3O5.C20H16N2O4/c1-4-18-19-12-17(38-28(35)31-10-8-16(3)9-11-31)6-7-23(19)30-25-20(18)14-32-24(25)13-22-21(26(32)33)15-37-27(34)29(22,36)5-2;1-3-28(35)20-11-22-24-16(13-32(22)26(33)19(20)15-38-27(28)34)10-17-18(14-31-6-4-30(2)5-7-31)25-23(12-21(17)29-24)36-8-9-37-25;1-4-23(30)16-8-18-20-12(9-26(18)21(28)15(16)11-31-22(23)29)7-13-14(10-25(2)3)19(27)6-5-17(13)24-20;1-2-20(25)14-8-16-17-12(7-11-5-3-4-6-15(11)21-17)9-22(16)18(23)13(14)10-26-19(20)24/h6-7,12-13,16,36H,4-5,8-11,14-15H2,1-3H3;10-12,35H,3-9,13-15H2,1-2H3;5-8,27,30H,4,9-11H2,1-3H3;3-8,25H,2,9-10H2,1H3/t29-;28-;23-;20-/m0001/s1. The van der Waals surface area contributed by atoms with Crippen LogP contribution in [-0.4, -0.2) is 187 Å². The van der Waals surface area contributed by atoms with E-state index < -0.39 is 46.3 Å². The van der Waals surface area contributed by atoms with Crippen LogP contribution in [0.4, 0.5) is 4.79 Å². The molecule has 4 atom stereocenters. The van der Waals surface area contributed by atoms with Gasteiger partial charge >= 0.3 is 30.0 Å². The predicted molar refractivity (Wildman–Crippen MR) is 486 cm³/mol. The number of hydrogen-bond acceptors (Lipinski definition) is 28. The molecule has 0 unspecified atom stereocenters. The molecule has 5 N–H and O–H groups in total. The summed E-state index contributed by atoms with van der Waals surface area (Å²) in [7, 11) is 6.00. The van der Waals surface area contributed by atoms with Crippen molar-refractivity contribution in [2.75, 3.05) is 73.6 Å². The molecule has 11 aliphatic heterocycles. The third kappa shape index (κ3) is 14.2. The number of carbonyl (C=O) groups excluding carboxylic acids is 5. The van der Waals surface area contributed by atoms with Crippen LogP contribution < -0.4 is 36.4 Å². The summed E-state index contributed by atoms with van der Waals surface area (Å²) in [5.74, 6) is -0.164. The van der Waals surface area contributed by atoms with Crippen LogP contribution in [0, 0.1) is 5.92 Å². The molecule has 2 saturated heterocycles. The number of amides is 1. The number of aryl methyl sites for hydroxylation is 1. The number of phenolic OH excluding ortho intramolecular Hbond substituents is 1. The molecule has 33 nitrogen and oxygen atoms in total. The number of piperazine rings is 1. The Hall–Kier alpha value is -13.4. The van der Waals surface area contributed by atoms with Crippen molar-refractivity contribution >= 4 is 73.6 Å². The Morgan fingerprint density at radius 1 is 0.459 bits per heavy atom. The van der Waals surface area contributed by atoms with Gasteiger partial charge in [0.2, 0.25) is 0 Å². The fourth-order valence-electron chi connectivity index (χ4n) is 20.6. The highest BCUT2D eigenvalue weighted by atomic mass is 16.6. The first-order chi connectivity index (χ1) is 63.9. The number of fused-ring (bicyclic) bond motifs is 21. The summed E-state index contributed by atoms with van der Waals surface area (Å²) in [6, 6.07) is 31.5. The van der Waals surface area contributed by atoms with Gasteiger partial charge in [-0.05, 0) is 156 Å². The van der Waals surface area contributed by atoms with Crippen LogP contribution in [-0.2, 0) is 133 Å². The fourth-order valence-corrected chi connectivity index (χ4v) is 20.6. The summed E-state index contributed by atoms with van der Waals surface area (Å²) in [5.41, 5.74) is 8.75. The van der Waals surface area contributed by atoms with E-state index in [1.807, 2.05) is 80.5 Å². The van der Waals surface area contributed by atoms with E-state index in [4.69, 9.17) is 53.1 Å². The van der Waals surface area contributed by atoms with Gasteiger partial charge in [0.25, 0.3) is 22.2 Å². The van der Waals surface area contributed by atoms with Crippen LogP contribution in [0.2, 0.25) is 0 Å². The maximum absolute atomic E-state index is 13.5. The minimum Gasteiger partial charge on any atom is -0.508 e. The number of likely N-dealkylation sites (tertiary alicyclic amines) is 1. The van der Waals surface area contributed by atoms with Gasteiger partial charge in [0, 0.05) is 136 Å². The number of para-hydroxylation sites is 1. The van der Waals surface area contributed by atoms with Crippen LogP contribution in [0.3, 0.4) is 0 Å². The van der Waals surface area contributed by atoms with Crippen LogP contribution >= 0.6 is 0 Å². The number of pyridine rings is 8. The Kier molecular flexibility index (Phi) is 21.8. The number of phenols is 1. The minimum absolute atomic E-state index is 0.0951. The van der Waals surface area contributed by atoms with Crippen molar-refractivity contribution in [1.29, 1.82) is 0 Å². The van der Waals surface area contributed by atoms with E-state index in [9.17, 15) is 68.7 Å². The van der Waals surface area contributed by atoms with Crippen molar-refractivity contribution in [3.8, 4) is 68.5 Å². The first kappa shape index (κ1) is 87.6. The lowest BCUT2D eigenvalue weighted by Crippen LogP contribution is -2.44. The number of ether oxygens (including phenoxy) is 7. The fraction of sp³-hybridized carbons (Fsp3) is 0.390. The predicted octanol–water partition coefficient (Wildman–Crippen LogP) is 9.40. The Bertz CT molecular complexity index is 7310. The van der Waals surface area contributed by atoms with E-state index >= 15 is 0 Å². The molecule has 2 fully saturated rings. The van der Waals surface area contributed by atoms with Crippen LogP contribution in [0.1, 0.15) is 164 Å². The van der Waals surface area contributed by atoms with Gasteiger partial charge in [-0.15, -0.1) is 0 Å². The largest absolute Gasteiger partial charge is 0.508 e. The number of carbonyl (C=O) groups is 5. The van der Waals surface area contributed by atoms with Gasteiger partial charge in [-0.25, -0.2) is 43.9 Å². The quantitative estimate of drug-likeness (QED) is 0.0628. The lowest BCUT2D eigenvalue weighted by molar-refractivity contribution is -0.172. The molecule has 23 rings (SSSR count). The first-order valence-electron chi connectivity index (χ1n) is 45.3. The molecule has 686 valence electrons. The smallest absolute Gasteiger partial charge is 0.415 e. The average Bonchev–Trinajstić information content (AvgIpc) is 1.60. The molecule has 133 heavy (non-hydrogen) atoms. The number of esters is 4. The topological polar surface area (TPSA) is 404 Å². The van der Waals surface area contributed by atoms with E-state index in [-0.39, 0.29) is 86.2 Å². The number of cyclic esters (lactones) is 4. The number of hydrogen-bond donors (Lipinski definition) is 5. The Morgan fingerprint density at radius 3 is 1.38 bits per heavy atom. The van der Waals surface area contributed by atoms with Gasteiger partial charge in [0.1, 0.15) is 51.1 Å². The maximum atomic E-state index is 13.5. The monoisotopic (exact) mass is 1800 g/mol. The zero-order valence-corrected chi connectivity index (χ0v) is 75.2. The SMILES string of the molecule is CC[C@@]1(O)C(=O)OCc2c1cc1n(c2=O)Cc2cc3c(CN(C)C)c(O)ccc3nc2-1.CC[C@@]1(O)C(=O)OCc2c1cc1n(c2=O)Cc2cc3c(CN4CCN(C)CC4)c4c(cc3nc2-1)OCCO4.CC[C@]1(O)C(=O)OCc2c1cc1n(c2=O)Cc2cc3ccccc3nc2-1.CCc1c2c(nc3ccc(OC(=O)N4CCC(C)CC4)cc13)-c1cc3c(c(=O)n1C2)COC(=O)[C@]3(O)CC. The third-order valence-corrected chi connectivity index (χ3v) is 28.4. The molecule has 0 spiro atoms. The van der Waals surface area contributed by atoms with Crippen LogP contribution in [0.25, 0.3) is 89.2 Å². The van der Waals surface area contributed by atoms with Gasteiger partial charge in [-0.1, -0.05) is 59.7 Å². The lowest BCUT2D eigenvalue weighted by atomic mass is 9.86. The molecule has 1 amide bonds. The summed E-state index contributed by atoms with van der Waals surface area (Å²) in [6.07, 6.45) is 2.74. The summed E-state index contributed by atoms with van der Waals surface area (Å²) >= 11 is 0. The number of nitrogens with zero attached hydrogens (tertiary/aromatic N) is 12. The molecule has 0 radical (unpaired) electrons. The molecule has 11 aliphatic rings. The van der Waals surface area contributed by atoms with E-state index in [2.05, 4.69) is 29.8 Å². The lowest BCUT2D eigenvalue weighted by Gasteiger charge is -2.33. The number of likely N-dealkylation sites (N-methyl/N-ethyl adjacent to an activating group) is 1. The molecular weight excluding hydrogens is 1710 g/mol. The van der Waals surface area contributed by atoms with Crippen LogP contribution in [0.15, 0.2) is 122 Å². The van der Waals surface area contributed by atoms with Gasteiger partial charge in [0.05, 0.1) is 116 Å². The number of aromatic nitrogens is 8. The van der Waals surface area contributed by atoms with Gasteiger partial charge in [-0.2, -0.15) is 0 Å². The molecule has 0 aliphatic carbocycles. The summed E-state index contributed by atoms with van der Waals surface area (Å²) in [5, 5.41) is 58.1. The number of benzene rings is 4. The zero-order valence-electron chi connectivity index (χ0n) is 75.2. The number of aromatic hydroxyl groups is 1. The molecular formula is C100H100N12O21. The van der Waals surface area contributed by atoms with E-state index in [0.29, 0.717) is 173 Å². The molecule has 12 aromatic rings. The second-order valence-corrected chi connectivity index (χ2v) is 36.5. The molecule has 0 bridgehead atoms. The van der Waals surface area contributed by atoms with Crippen molar-refractivity contribution in [1.82, 2.24) is 57.8 Å². The van der Waals surface area contributed by atoms with Crippen molar-refractivity contribution in [2.24, 2.45) is 5.92 Å². The minimum atomic E-state index is -1.86. The van der Waals surface area contributed by atoms with Crippen molar-refractivity contribution in [3.63, 3.8) is 0 Å². The highest BCUT2D eigenvalue weighted by Crippen LogP contribution is 2.48. The zero-order chi connectivity index (χ0) is 93.1. The van der Waals surface area contributed by atoms with Gasteiger partial charge in [-0.3, -0.25) is 24.1 Å². The highest BCUT2D eigenvalue weighted by Gasteiger charge is 2.51. The molecule has 8 aromatic heterocycles. The summed E-state index contributed by atoms with van der Waals surface area (Å²) in [6.45, 7) is 19.5. The normalized spacial score (nSPS) is 20.9. The van der Waals surface area contributed by atoms with Gasteiger partial charge in [0.15, 0.2) is 33.9 Å². The highest BCUT2D eigenvalue weighted by molar-refractivity contribution is 5.95. The molecule has 33 heteroatoms.